The molecule has 0 bridgehead atoms. The Morgan fingerprint density at radius 3 is 2.50 bits per heavy atom. The molecule has 0 spiro atoms. The van der Waals surface area contributed by atoms with Crippen LogP contribution in [0.4, 0.5) is 0 Å². The molecule has 1 atom stereocenters. The number of rotatable bonds is 4. The van der Waals surface area contributed by atoms with Crippen molar-refractivity contribution in [2.24, 2.45) is 0 Å². The number of para-hydroxylation sites is 2. The number of aromatic nitrogens is 1. The van der Waals surface area contributed by atoms with E-state index in [-0.39, 0.29) is 0 Å². The van der Waals surface area contributed by atoms with E-state index in [0.717, 1.165) is 17.3 Å². The molecular formula is C15H11NO3S. The van der Waals surface area contributed by atoms with Gasteiger partial charge in [0.1, 0.15) is 10.8 Å². The van der Waals surface area contributed by atoms with Crippen molar-refractivity contribution in [3.05, 3.63) is 60.2 Å². The molecule has 0 unspecified atom stereocenters. The Morgan fingerprint density at radius 2 is 1.80 bits per heavy atom. The number of hydrogen-bond donors (Lipinski definition) is 1. The summed E-state index contributed by atoms with van der Waals surface area (Å²) in [7, 11) is 0. The zero-order chi connectivity index (χ0) is 13.9. The summed E-state index contributed by atoms with van der Waals surface area (Å²) < 4.78 is 5.56. The molecule has 1 heterocycles. The molecule has 100 valence electrons. The highest BCUT2D eigenvalue weighted by atomic mass is 32.2. The molecule has 4 nitrogen and oxygen atoms in total. The molecule has 2 aromatic carbocycles. The molecule has 0 saturated carbocycles. The molecule has 20 heavy (non-hydrogen) atoms. The lowest BCUT2D eigenvalue weighted by molar-refractivity contribution is -0.136. The predicted octanol–water partition coefficient (Wildman–Crippen LogP) is 3.75. The zero-order valence-electron chi connectivity index (χ0n) is 10.4. The third-order valence-corrected chi connectivity index (χ3v) is 3.91. The number of nitrogens with zero attached hydrogens (tertiary/aromatic N) is 1. The van der Waals surface area contributed by atoms with Crippen molar-refractivity contribution in [1.29, 1.82) is 0 Å². The number of carbonyl (C=O) groups is 1. The lowest BCUT2D eigenvalue weighted by Crippen LogP contribution is -2.07. The van der Waals surface area contributed by atoms with Crippen molar-refractivity contribution in [2.75, 3.05) is 0 Å². The minimum atomic E-state index is -0.913. The average molecular weight is 285 g/mol. The standard InChI is InChI=1S/C15H11NO3S/c17-14(18)13(10-6-2-1-3-7-10)20-15-16-11-8-4-5-9-12(11)19-15/h1-9,13H,(H,17,18)/t13-/m1/s1. The van der Waals surface area contributed by atoms with Crippen molar-refractivity contribution in [2.45, 2.75) is 10.5 Å². The Balaban J connectivity index is 1.92. The Kier molecular flexibility index (Phi) is 3.43. The van der Waals surface area contributed by atoms with E-state index in [9.17, 15) is 9.90 Å². The highest BCUT2D eigenvalue weighted by Crippen LogP contribution is 2.36. The van der Waals surface area contributed by atoms with E-state index in [1.165, 1.54) is 0 Å². The quantitative estimate of drug-likeness (QED) is 0.740. The highest BCUT2D eigenvalue weighted by Gasteiger charge is 2.23. The second kappa shape index (κ2) is 5.38. The highest BCUT2D eigenvalue weighted by molar-refractivity contribution is 8.00. The third-order valence-electron chi connectivity index (χ3n) is 2.82. The van der Waals surface area contributed by atoms with Gasteiger partial charge < -0.3 is 9.52 Å². The summed E-state index contributed by atoms with van der Waals surface area (Å²) in [4.78, 5) is 15.7. The van der Waals surface area contributed by atoms with Gasteiger partial charge in [-0.05, 0) is 29.5 Å². The number of thioether (sulfide) groups is 1. The van der Waals surface area contributed by atoms with E-state index in [1.54, 1.807) is 12.1 Å². The maximum Gasteiger partial charge on any atom is 0.321 e. The SMILES string of the molecule is O=C(O)[C@H](Sc1nc2ccccc2o1)c1ccccc1. The summed E-state index contributed by atoms with van der Waals surface area (Å²) in [6.45, 7) is 0. The Labute approximate surface area is 119 Å². The summed E-state index contributed by atoms with van der Waals surface area (Å²) in [5, 5.41) is 9.00. The topological polar surface area (TPSA) is 63.3 Å². The lowest BCUT2D eigenvalue weighted by atomic mass is 10.1. The fourth-order valence-electron chi connectivity index (χ4n) is 1.89. The fourth-order valence-corrected chi connectivity index (χ4v) is 2.78. The van der Waals surface area contributed by atoms with E-state index < -0.39 is 11.2 Å². The number of hydrogen-bond acceptors (Lipinski definition) is 4. The molecule has 3 rings (SSSR count). The summed E-state index contributed by atoms with van der Waals surface area (Å²) in [6, 6.07) is 16.4. The van der Waals surface area contributed by atoms with Crippen LogP contribution in [0.15, 0.2) is 64.2 Å². The normalized spacial score (nSPS) is 12.4. The van der Waals surface area contributed by atoms with Gasteiger partial charge in [0.2, 0.25) is 0 Å². The maximum absolute atomic E-state index is 11.4. The predicted molar refractivity (Wildman–Crippen MR) is 76.7 cm³/mol. The van der Waals surface area contributed by atoms with E-state index in [2.05, 4.69) is 4.98 Å². The van der Waals surface area contributed by atoms with Gasteiger partial charge in [0.25, 0.3) is 5.22 Å². The van der Waals surface area contributed by atoms with Crippen LogP contribution >= 0.6 is 11.8 Å². The Bertz CT molecular complexity index is 706. The molecule has 0 aliphatic heterocycles. The number of oxazole rings is 1. The number of fused-ring (bicyclic) bond motifs is 1. The summed E-state index contributed by atoms with van der Waals surface area (Å²) in [6.07, 6.45) is 0. The first-order chi connectivity index (χ1) is 9.74. The molecule has 1 aromatic heterocycles. The van der Waals surface area contributed by atoms with Gasteiger partial charge in [-0.15, -0.1) is 0 Å². The smallest absolute Gasteiger partial charge is 0.321 e. The second-order valence-corrected chi connectivity index (χ2v) is 5.25. The first-order valence-electron chi connectivity index (χ1n) is 6.04. The van der Waals surface area contributed by atoms with Crippen LogP contribution in [0.3, 0.4) is 0 Å². The van der Waals surface area contributed by atoms with Crippen molar-refractivity contribution in [1.82, 2.24) is 4.98 Å². The van der Waals surface area contributed by atoms with Gasteiger partial charge in [0.15, 0.2) is 5.58 Å². The van der Waals surface area contributed by atoms with Crippen LogP contribution in [0.2, 0.25) is 0 Å². The van der Waals surface area contributed by atoms with Gasteiger partial charge in [-0.1, -0.05) is 42.5 Å². The molecule has 3 aromatic rings. The fraction of sp³-hybridized carbons (Fsp3) is 0.0667. The third kappa shape index (κ3) is 2.53. The molecule has 1 N–H and O–H groups in total. The van der Waals surface area contributed by atoms with Crippen molar-refractivity contribution in [3.63, 3.8) is 0 Å². The van der Waals surface area contributed by atoms with E-state index in [4.69, 9.17) is 4.42 Å². The maximum atomic E-state index is 11.4. The van der Waals surface area contributed by atoms with E-state index in [1.807, 2.05) is 42.5 Å². The van der Waals surface area contributed by atoms with Crippen molar-refractivity contribution >= 4 is 28.8 Å². The number of aliphatic carboxylic acids is 1. The summed E-state index contributed by atoms with van der Waals surface area (Å²) in [5.41, 5.74) is 2.10. The largest absolute Gasteiger partial charge is 0.480 e. The van der Waals surface area contributed by atoms with Crippen molar-refractivity contribution in [3.8, 4) is 0 Å². The molecule has 0 saturated heterocycles. The number of carboxylic acids is 1. The van der Waals surface area contributed by atoms with Crippen LogP contribution in [-0.2, 0) is 4.79 Å². The minimum absolute atomic E-state index is 0.363. The van der Waals surface area contributed by atoms with Crippen LogP contribution in [0.5, 0.6) is 0 Å². The molecule has 5 heteroatoms. The van der Waals surface area contributed by atoms with Gasteiger partial charge in [0.05, 0.1) is 0 Å². The number of carboxylic acid groups (broad SMARTS) is 1. The second-order valence-electron chi connectivity index (χ2n) is 4.19. The van der Waals surface area contributed by atoms with Crippen LogP contribution in [0.1, 0.15) is 10.8 Å². The lowest BCUT2D eigenvalue weighted by Gasteiger charge is -2.09. The number of benzene rings is 2. The van der Waals surface area contributed by atoms with E-state index in [0.29, 0.717) is 16.4 Å². The molecule has 0 fully saturated rings. The van der Waals surface area contributed by atoms with Crippen LogP contribution in [0.25, 0.3) is 11.1 Å². The summed E-state index contributed by atoms with van der Waals surface area (Å²) >= 11 is 1.10. The van der Waals surface area contributed by atoms with Crippen LogP contribution in [-0.4, -0.2) is 16.1 Å². The Morgan fingerprint density at radius 1 is 1.10 bits per heavy atom. The van der Waals surface area contributed by atoms with Gasteiger partial charge in [-0.2, -0.15) is 0 Å². The van der Waals surface area contributed by atoms with Gasteiger partial charge in [-0.3, -0.25) is 4.79 Å². The van der Waals surface area contributed by atoms with Gasteiger partial charge in [-0.25, -0.2) is 4.98 Å². The molecule has 0 aliphatic carbocycles. The van der Waals surface area contributed by atoms with Crippen LogP contribution < -0.4 is 0 Å². The van der Waals surface area contributed by atoms with Gasteiger partial charge >= 0.3 is 5.97 Å². The first kappa shape index (κ1) is 12.7. The minimum Gasteiger partial charge on any atom is -0.480 e. The Hall–Kier alpha value is -2.27. The monoisotopic (exact) mass is 285 g/mol. The summed E-state index contributed by atoms with van der Waals surface area (Å²) in [5.74, 6) is -0.913. The first-order valence-corrected chi connectivity index (χ1v) is 6.92. The van der Waals surface area contributed by atoms with Gasteiger partial charge in [0, 0.05) is 0 Å². The molecular weight excluding hydrogens is 274 g/mol. The molecule has 0 amide bonds. The van der Waals surface area contributed by atoms with Crippen molar-refractivity contribution < 1.29 is 14.3 Å². The average Bonchev–Trinajstić information content (AvgIpc) is 2.88. The molecule has 0 aliphatic rings. The van der Waals surface area contributed by atoms with E-state index >= 15 is 0 Å². The molecule has 0 radical (unpaired) electrons. The van der Waals surface area contributed by atoms with Crippen LogP contribution in [0, 0.1) is 0 Å². The zero-order valence-corrected chi connectivity index (χ0v) is 11.2.